The van der Waals surface area contributed by atoms with Gasteiger partial charge in [0.15, 0.2) is 0 Å². The van der Waals surface area contributed by atoms with Crippen molar-refractivity contribution >= 4 is 34.6 Å². The van der Waals surface area contributed by atoms with Crippen LogP contribution < -0.4 is 0 Å². The third-order valence-corrected chi connectivity index (χ3v) is 4.13. The van der Waals surface area contributed by atoms with E-state index in [4.69, 9.17) is 0 Å². The van der Waals surface area contributed by atoms with Gasteiger partial charge in [-0.05, 0) is 34.0 Å². The zero-order valence-electron chi connectivity index (χ0n) is 9.76. The molecule has 0 saturated carbocycles. The molecule has 18 heavy (non-hydrogen) atoms. The quantitative estimate of drug-likeness (QED) is 0.812. The van der Waals surface area contributed by atoms with Gasteiger partial charge < -0.3 is 9.47 Å². The van der Waals surface area contributed by atoms with Crippen molar-refractivity contribution in [3.05, 3.63) is 32.6 Å². The smallest absolute Gasteiger partial charge is 0.348 e. The van der Waals surface area contributed by atoms with Crippen LogP contribution in [-0.2, 0) is 9.47 Å². The highest BCUT2D eigenvalue weighted by Crippen LogP contribution is 2.30. The van der Waals surface area contributed by atoms with Crippen molar-refractivity contribution < 1.29 is 19.1 Å². The highest BCUT2D eigenvalue weighted by atomic mass is 32.1. The second-order valence-electron chi connectivity index (χ2n) is 3.38. The monoisotopic (exact) mass is 282 g/mol. The summed E-state index contributed by atoms with van der Waals surface area (Å²) in [6.07, 6.45) is 0. The summed E-state index contributed by atoms with van der Waals surface area (Å²) in [5, 5.41) is 3.71. The third kappa shape index (κ3) is 2.44. The number of hydrogen-bond donors (Lipinski definition) is 0. The van der Waals surface area contributed by atoms with Crippen LogP contribution >= 0.6 is 22.7 Å². The third-order valence-electron chi connectivity index (χ3n) is 2.31. The van der Waals surface area contributed by atoms with Gasteiger partial charge in [0.25, 0.3) is 0 Å². The van der Waals surface area contributed by atoms with E-state index >= 15 is 0 Å². The highest BCUT2D eigenvalue weighted by Gasteiger charge is 2.13. The van der Waals surface area contributed by atoms with Crippen LogP contribution in [0, 0.1) is 0 Å². The molecular weight excluding hydrogens is 272 g/mol. The van der Waals surface area contributed by atoms with Gasteiger partial charge in [0.2, 0.25) is 0 Å². The van der Waals surface area contributed by atoms with Crippen molar-refractivity contribution in [3.63, 3.8) is 0 Å². The molecular formula is C12H10O4S2. The number of rotatable bonds is 3. The molecule has 0 N–H and O–H groups in total. The predicted molar refractivity (Wildman–Crippen MR) is 70.3 cm³/mol. The number of esters is 2. The molecule has 4 nitrogen and oxygen atoms in total. The number of methoxy groups -OCH3 is 2. The SMILES string of the molecule is COC(=O)c1cc(-c2csc(C(=O)OC)c2)cs1. The second-order valence-corrected chi connectivity index (χ2v) is 5.20. The Bertz CT molecular complexity index is 530. The van der Waals surface area contributed by atoms with Crippen molar-refractivity contribution in [1.82, 2.24) is 0 Å². The highest BCUT2D eigenvalue weighted by molar-refractivity contribution is 7.13. The average Bonchev–Trinajstić information content (AvgIpc) is 3.04. The molecule has 0 aliphatic carbocycles. The maximum absolute atomic E-state index is 11.3. The molecule has 2 aromatic heterocycles. The largest absolute Gasteiger partial charge is 0.465 e. The molecule has 0 radical (unpaired) electrons. The van der Waals surface area contributed by atoms with Crippen molar-refractivity contribution in [2.45, 2.75) is 0 Å². The molecule has 0 saturated heterocycles. The molecule has 6 heteroatoms. The fourth-order valence-corrected chi connectivity index (χ4v) is 3.06. The van der Waals surface area contributed by atoms with E-state index in [1.165, 1.54) is 36.9 Å². The zero-order chi connectivity index (χ0) is 13.1. The lowest BCUT2D eigenvalue weighted by Crippen LogP contribution is -1.97. The molecule has 0 atom stereocenters. The molecule has 0 spiro atoms. The Kier molecular flexibility index (Phi) is 3.78. The van der Waals surface area contributed by atoms with E-state index in [0.717, 1.165) is 11.1 Å². The zero-order valence-corrected chi connectivity index (χ0v) is 11.4. The van der Waals surface area contributed by atoms with Gasteiger partial charge in [-0.1, -0.05) is 0 Å². The number of carbonyl (C=O) groups excluding carboxylic acids is 2. The molecule has 0 fully saturated rings. The van der Waals surface area contributed by atoms with Gasteiger partial charge in [0.05, 0.1) is 14.2 Å². The van der Waals surface area contributed by atoms with E-state index in [1.807, 2.05) is 10.8 Å². The molecule has 0 bridgehead atoms. The van der Waals surface area contributed by atoms with Gasteiger partial charge in [0, 0.05) is 0 Å². The fourth-order valence-electron chi connectivity index (χ4n) is 1.39. The predicted octanol–water partition coefficient (Wildman–Crippen LogP) is 3.05. The summed E-state index contributed by atoms with van der Waals surface area (Å²) in [5.74, 6) is -0.704. The number of hydrogen-bond acceptors (Lipinski definition) is 6. The average molecular weight is 282 g/mol. The summed E-state index contributed by atoms with van der Waals surface area (Å²) in [6, 6.07) is 3.50. The summed E-state index contributed by atoms with van der Waals surface area (Å²) in [7, 11) is 2.70. The fraction of sp³-hybridized carbons (Fsp3) is 0.167. The van der Waals surface area contributed by atoms with Gasteiger partial charge in [-0.25, -0.2) is 9.59 Å². The van der Waals surface area contributed by atoms with Crippen LogP contribution in [0.15, 0.2) is 22.9 Å². The van der Waals surface area contributed by atoms with Crippen molar-refractivity contribution in [3.8, 4) is 11.1 Å². The maximum Gasteiger partial charge on any atom is 0.348 e. The maximum atomic E-state index is 11.3. The van der Waals surface area contributed by atoms with Gasteiger partial charge in [-0.15, -0.1) is 22.7 Å². The lowest BCUT2D eigenvalue weighted by atomic mass is 10.1. The first-order valence-corrected chi connectivity index (χ1v) is 6.75. The number of thiophene rings is 2. The minimum atomic E-state index is -0.352. The minimum absolute atomic E-state index is 0.352. The molecule has 2 rings (SSSR count). The first-order valence-electron chi connectivity index (χ1n) is 4.99. The van der Waals surface area contributed by atoms with E-state index in [9.17, 15) is 9.59 Å². The van der Waals surface area contributed by atoms with Crippen LogP contribution in [0.1, 0.15) is 19.3 Å². The Morgan fingerprint density at radius 2 is 1.28 bits per heavy atom. The van der Waals surface area contributed by atoms with E-state index in [2.05, 4.69) is 9.47 Å². The lowest BCUT2D eigenvalue weighted by molar-refractivity contribution is 0.0597. The van der Waals surface area contributed by atoms with Crippen LogP contribution in [0.25, 0.3) is 11.1 Å². The molecule has 0 aromatic carbocycles. The van der Waals surface area contributed by atoms with E-state index in [-0.39, 0.29) is 11.9 Å². The van der Waals surface area contributed by atoms with Crippen molar-refractivity contribution in [2.24, 2.45) is 0 Å². The van der Waals surface area contributed by atoms with Gasteiger partial charge in [-0.3, -0.25) is 0 Å². The summed E-state index contributed by atoms with van der Waals surface area (Å²) >= 11 is 2.63. The molecule has 0 aliphatic heterocycles. The van der Waals surface area contributed by atoms with Crippen LogP contribution in [-0.4, -0.2) is 26.2 Å². The summed E-state index contributed by atoms with van der Waals surface area (Å²) in [5.41, 5.74) is 1.79. The minimum Gasteiger partial charge on any atom is -0.465 e. The van der Waals surface area contributed by atoms with Crippen LogP contribution in [0.2, 0.25) is 0 Å². The molecule has 0 unspecified atom stereocenters. The molecule has 0 aliphatic rings. The van der Waals surface area contributed by atoms with Crippen molar-refractivity contribution in [1.29, 1.82) is 0 Å². The summed E-state index contributed by atoms with van der Waals surface area (Å²) in [6.45, 7) is 0. The summed E-state index contributed by atoms with van der Waals surface area (Å²) in [4.78, 5) is 23.7. The van der Waals surface area contributed by atoms with Gasteiger partial charge in [0.1, 0.15) is 9.75 Å². The van der Waals surface area contributed by atoms with E-state index in [1.54, 1.807) is 12.1 Å². The van der Waals surface area contributed by atoms with Crippen molar-refractivity contribution in [2.75, 3.05) is 14.2 Å². The first kappa shape index (κ1) is 12.8. The lowest BCUT2D eigenvalue weighted by Gasteiger charge is -1.93. The Morgan fingerprint density at radius 3 is 1.61 bits per heavy atom. The normalized spacial score (nSPS) is 10.1. The molecule has 2 aromatic rings. The molecule has 94 valence electrons. The van der Waals surface area contributed by atoms with Gasteiger partial charge in [-0.2, -0.15) is 0 Å². The van der Waals surface area contributed by atoms with E-state index < -0.39 is 0 Å². The standard InChI is InChI=1S/C12H10O4S2/c1-15-11(13)9-3-7(5-17-9)8-4-10(18-6-8)12(14)16-2/h3-6H,1-2H3. The second kappa shape index (κ2) is 5.32. The number of carbonyl (C=O) groups is 2. The number of ether oxygens (including phenoxy) is 2. The van der Waals surface area contributed by atoms with Gasteiger partial charge >= 0.3 is 11.9 Å². The molecule has 0 amide bonds. The topological polar surface area (TPSA) is 52.6 Å². The molecule has 2 heterocycles. The first-order chi connectivity index (χ1) is 8.65. The van der Waals surface area contributed by atoms with Crippen LogP contribution in [0.3, 0.4) is 0 Å². The van der Waals surface area contributed by atoms with Crippen LogP contribution in [0.4, 0.5) is 0 Å². The Hall–Kier alpha value is -1.66. The Morgan fingerprint density at radius 1 is 0.889 bits per heavy atom. The summed E-state index contributed by atoms with van der Waals surface area (Å²) < 4.78 is 9.29. The van der Waals surface area contributed by atoms with Crippen LogP contribution in [0.5, 0.6) is 0 Å². The Balaban J connectivity index is 2.26. The van der Waals surface area contributed by atoms with E-state index in [0.29, 0.717) is 9.75 Å². The Labute approximate surface area is 112 Å².